The number of rotatable bonds is 5. The van der Waals surface area contributed by atoms with Crippen molar-refractivity contribution in [3.05, 3.63) is 88.1 Å². The molecule has 2 aromatic carbocycles. The predicted molar refractivity (Wildman–Crippen MR) is 106 cm³/mol. The first kappa shape index (κ1) is 18.2. The molecule has 0 radical (unpaired) electrons. The molecule has 0 amide bonds. The lowest BCUT2D eigenvalue weighted by Crippen LogP contribution is -2.48. The van der Waals surface area contributed by atoms with Crippen molar-refractivity contribution >= 4 is 11.4 Å². The maximum absolute atomic E-state index is 11.0. The van der Waals surface area contributed by atoms with Crippen LogP contribution in [0.3, 0.4) is 0 Å². The third-order valence-corrected chi connectivity index (χ3v) is 5.21. The quantitative estimate of drug-likeness (QED) is 0.496. The number of aromatic nitrogens is 1. The number of non-ortho nitro benzene ring substituents is 1. The first-order valence-corrected chi connectivity index (χ1v) is 9.32. The van der Waals surface area contributed by atoms with Crippen LogP contribution < -0.4 is 4.90 Å². The zero-order chi connectivity index (χ0) is 19.5. The molecule has 1 atom stereocenters. The summed E-state index contributed by atoms with van der Waals surface area (Å²) in [6.07, 6.45) is 3.30. The van der Waals surface area contributed by atoms with Crippen molar-refractivity contribution in [1.29, 1.82) is 0 Å². The fourth-order valence-electron chi connectivity index (χ4n) is 3.84. The van der Waals surface area contributed by atoms with E-state index in [2.05, 4.69) is 26.9 Å². The van der Waals surface area contributed by atoms with E-state index in [9.17, 15) is 10.1 Å². The first-order valence-electron chi connectivity index (χ1n) is 9.32. The highest BCUT2D eigenvalue weighted by molar-refractivity contribution is 5.57. The van der Waals surface area contributed by atoms with Crippen molar-refractivity contribution < 1.29 is 9.34 Å². The van der Waals surface area contributed by atoms with Gasteiger partial charge >= 0.3 is 0 Å². The van der Waals surface area contributed by atoms with Gasteiger partial charge in [0.2, 0.25) is 5.89 Å². The highest BCUT2D eigenvalue weighted by atomic mass is 16.6. The van der Waals surface area contributed by atoms with Crippen LogP contribution in [0.5, 0.6) is 0 Å². The Hall–Kier alpha value is -3.19. The third-order valence-electron chi connectivity index (χ3n) is 5.21. The molecule has 28 heavy (non-hydrogen) atoms. The number of nitro benzene ring substituents is 1. The van der Waals surface area contributed by atoms with Gasteiger partial charge in [-0.15, -0.1) is 0 Å². The van der Waals surface area contributed by atoms with Crippen LogP contribution in [-0.2, 0) is 0 Å². The minimum Gasteiger partial charge on any atom is -0.447 e. The lowest BCUT2D eigenvalue weighted by molar-refractivity contribution is -0.384. The maximum atomic E-state index is 11.0. The predicted octanol–water partition coefficient (Wildman–Crippen LogP) is 3.80. The monoisotopic (exact) mass is 378 g/mol. The number of piperazine rings is 1. The largest absolute Gasteiger partial charge is 0.447 e. The van der Waals surface area contributed by atoms with Crippen LogP contribution >= 0.6 is 0 Å². The number of hydrogen-bond donors (Lipinski definition) is 0. The van der Waals surface area contributed by atoms with E-state index in [-0.39, 0.29) is 16.7 Å². The number of hydrogen-bond acceptors (Lipinski definition) is 6. The third kappa shape index (κ3) is 3.61. The van der Waals surface area contributed by atoms with Crippen LogP contribution in [0.15, 0.2) is 65.4 Å². The topological polar surface area (TPSA) is 75.7 Å². The van der Waals surface area contributed by atoms with Crippen LogP contribution in [0.4, 0.5) is 11.4 Å². The summed E-state index contributed by atoms with van der Waals surface area (Å²) < 4.78 is 5.64. The highest BCUT2D eigenvalue weighted by Gasteiger charge is 2.29. The Bertz CT molecular complexity index is 936. The van der Waals surface area contributed by atoms with Crippen molar-refractivity contribution in [3.63, 3.8) is 0 Å². The lowest BCUT2D eigenvalue weighted by Gasteiger charge is -2.39. The average Bonchev–Trinajstić information content (AvgIpc) is 3.24. The molecule has 1 aliphatic rings. The van der Waals surface area contributed by atoms with Crippen LogP contribution in [0, 0.1) is 17.0 Å². The Labute approximate surface area is 163 Å². The van der Waals surface area contributed by atoms with Crippen molar-refractivity contribution in [2.45, 2.75) is 13.0 Å². The van der Waals surface area contributed by atoms with Crippen molar-refractivity contribution in [2.24, 2.45) is 0 Å². The van der Waals surface area contributed by atoms with Gasteiger partial charge in [0.15, 0.2) is 0 Å². The summed E-state index contributed by atoms with van der Waals surface area (Å²) in [5.74, 6) is 0.700. The molecule has 1 saturated heterocycles. The van der Waals surface area contributed by atoms with Gasteiger partial charge in [-0.1, -0.05) is 30.3 Å². The Kier molecular flexibility index (Phi) is 5.08. The Morgan fingerprint density at radius 2 is 1.86 bits per heavy atom. The normalized spacial score (nSPS) is 16.1. The zero-order valence-corrected chi connectivity index (χ0v) is 15.7. The van der Waals surface area contributed by atoms with E-state index in [4.69, 9.17) is 4.42 Å². The summed E-state index contributed by atoms with van der Waals surface area (Å²) in [7, 11) is 0. The summed E-state index contributed by atoms with van der Waals surface area (Å²) in [4.78, 5) is 19.7. The van der Waals surface area contributed by atoms with Crippen LogP contribution in [0.25, 0.3) is 0 Å². The van der Waals surface area contributed by atoms with E-state index in [1.54, 1.807) is 24.6 Å². The number of nitrogens with zero attached hydrogens (tertiary/aromatic N) is 4. The molecule has 3 aromatic rings. The second kappa shape index (κ2) is 7.82. The summed E-state index contributed by atoms with van der Waals surface area (Å²) in [5.41, 5.74) is 3.27. The first-order chi connectivity index (χ1) is 13.6. The molecule has 4 rings (SSSR count). The second-order valence-electron chi connectivity index (χ2n) is 6.93. The molecule has 1 aromatic heterocycles. The van der Waals surface area contributed by atoms with Gasteiger partial charge in [-0.05, 0) is 24.1 Å². The van der Waals surface area contributed by atoms with Crippen molar-refractivity contribution in [3.8, 4) is 0 Å². The molecule has 0 aliphatic carbocycles. The van der Waals surface area contributed by atoms with Gasteiger partial charge in [-0.25, -0.2) is 4.98 Å². The molecule has 0 bridgehead atoms. The molecular weight excluding hydrogens is 356 g/mol. The van der Waals surface area contributed by atoms with Gasteiger partial charge < -0.3 is 9.32 Å². The second-order valence-corrected chi connectivity index (χ2v) is 6.93. The molecule has 0 spiro atoms. The van der Waals surface area contributed by atoms with Crippen LogP contribution in [0.1, 0.15) is 23.1 Å². The fourth-order valence-corrected chi connectivity index (χ4v) is 3.84. The summed E-state index contributed by atoms with van der Waals surface area (Å²) >= 11 is 0. The SMILES string of the molecule is Cc1cc([N+](=O)[O-])ccc1N1CCN(C(c2ccccc2)c2ncco2)CC1. The molecule has 7 heteroatoms. The maximum Gasteiger partial charge on any atom is 0.269 e. The van der Waals surface area contributed by atoms with Gasteiger partial charge in [0.25, 0.3) is 5.69 Å². The number of nitro groups is 1. The van der Waals surface area contributed by atoms with E-state index < -0.39 is 0 Å². The molecule has 0 N–H and O–H groups in total. The van der Waals surface area contributed by atoms with Crippen LogP contribution in [-0.4, -0.2) is 41.0 Å². The van der Waals surface area contributed by atoms with Gasteiger partial charge in [0.1, 0.15) is 12.3 Å². The van der Waals surface area contributed by atoms with E-state index in [0.717, 1.165) is 43.0 Å². The van der Waals surface area contributed by atoms with E-state index in [1.165, 1.54) is 0 Å². The summed E-state index contributed by atoms with van der Waals surface area (Å²) in [5, 5.41) is 11.0. The zero-order valence-electron chi connectivity index (χ0n) is 15.7. The highest BCUT2D eigenvalue weighted by Crippen LogP contribution is 2.31. The van der Waals surface area contributed by atoms with E-state index in [1.807, 2.05) is 31.2 Å². The Morgan fingerprint density at radius 3 is 2.46 bits per heavy atom. The number of aryl methyl sites for hydroxylation is 1. The molecule has 1 aliphatic heterocycles. The summed E-state index contributed by atoms with van der Waals surface area (Å²) in [6.45, 7) is 5.29. The Morgan fingerprint density at radius 1 is 1.11 bits per heavy atom. The fraction of sp³-hybridized carbons (Fsp3) is 0.286. The van der Waals surface area contributed by atoms with Gasteiger partial charge in [0.05, 0.1) is 11.1 Å². The molecule has 144 valence electrons. The van der Waals surface area contributed by atoms with E-state index >= 15 is 0 Å². The Balaban J connectivity index is 1.52. The van der Waals surface area contributed by atoms with Crippen molar-refractivity contribution in [2.75, 3.05) is 31.1 Å². The number of anilines is 1. The lowest BCUT2D eigenvalue weighted by atomic mass is 10.0. The van der Waals surface area contributed by atoms with Crippen molar-refractivity contribution in [1.82, 2.24) is 9.88 Å². The summed E-state index contributed by atoms with van der Waals surface area (Å²) in [6, 6.07) is 15.3. The molecule has 7 nitrogen and oxygen atoms in total. The molecule has 1 unspecified atom stereocenters. The van der Waals surface area contributed by atoms with Gasteiger partial charge in [-0.3, -0.25) is 15.0 Å². The molecule has 2 heterocycles. The van der Waals surface area contributed by atoms with Gasteiger partial charge in [-0.2, -0.15) is 0 Å². The minimum absolute atomic E-state index is 0.0173. The molecule has 0 saturated carbocycles. The molecular formula is C21H22N4O3. The number of oxazole rings is 1. The van der Waals surface area contributed by atoms with Gasteiger partial charge in [0, 0.05) is 44.0 Å². The van der Waals surface area contributed by atoms with Crippen LogP contribution in [0.2, 0.25) is 0 Å². The minimum atomic E-state index is -0.352. The average molecular weight is 378 g/mol. The molecule has 1 fully saturated rings. The number of benzene rings is 2. The van der Waals surface area contributed by atoms with E-state index in [0.29, 0.717) is 5.89 Å². The smallest absolute Gasteiger partial charge is 0.269 e. The standard InChI is InChI=1S/C21H22N4O3/c1-16-15-18(25(26)27)7-8-19(16)23-10-12-24(13-11-23)20(21-22-9-14-28-21)17-5-3-2-4-6-17/h2-9,14-15,20H,10-13H2,1H3.